The van der Waals surface area contributed by atoms with Gasteiger partial charge in [0.25, 0.3) is 0 Å². The number of alkyl halides is 3. The number of nitrogens with zero attached hydrogens (tertiary/aromatic N) is 3. The summed E-state index contributed by atoms with van der Waals surface area (Å²) in [6, 6.07) is 12.5. The minimum absolute atomic E-state index is 0.0272. The number of aromatic nitrogens is 3. The maximum absolute atomic E-state index is 12.6. The molecule has 25 heavy (non-hydrogen) atoms. The summed E-state index contributed by atoms with van der Waals surface area (Å²) in [5, 5.41) is 8.27. The van der Waals surface area contributed by atoms with Crippen LogP contribution in [-0.4, -0.2) is 27.2 Å². The summed E-state index contributed by atoms with van der Waals surface area (Å²) in [7, 11) is -4.00. The molecule has 0 fully saturated rings. The molecule has 1 N–H and O–H groups in total. The fourth-order valence-corrected chi connectivity index (χ4v) is 4.12. The zero-order chi connectivity index (χ0) is 18.2. The minimum Gasteiger partial charge on any atom is -0.222 e. The Labute approximate surface area is 163 Å². The summed E-state index contributed by atoms with van der Waals surface area (Å²) in [6.07, 6.45) is -1.31. The zero-order valence-corrected chi connectivity index (χ0v) is 16.1. The summed E-state index contributed by atoms with van der Waals surface area (Å²) in [5.41, 5.74) is 1.05. The van der Waals surface area contributed by atoms with Crippen molar-refractivity contribution >= 4 is 67.5 Å². The minimum atomic E-state index is -4.00. The van der Waals surface area contributed by atoms with Gasteiger partial charge in [0, 0.05) is 5.02 Å². The Kier molecular flexibility index (Phi) is 5.16. The van der Waals surface area contributed by atoms with E-state index in [1.165, 1.54) is 28.9 Å². The molecule has 132 valence electrons. The Morgan fingerprint density at radius 1 is 1.04 bits per heavy atom. The molecule has 1 unspecified atom stereocenters. The van der Waals surface area contributed by atoms with Gasteiger partial charge in [0.1, 0.15) is 5.52 Å². The zero-order valence-electron chi connectivity index (χ0n) is 12.3. The molecule has 0 aliphatic heterocycles. The number of halogens is 4. The summed E-state index contributed by atoms with van der Waals surface area (Å²) in [4.78, 5) is -0.0272. The van der Waals surface area contributed by atoms with Crippen molar-refractivity contribution in [2.24, 2.45) is 0 Å². The van der Waals surface area contributed by atoms with Crippen molar-refractivity contribution in [3.63, 3.8) is 0 Å². The summed E-state index contributed by atoms with van der Waals surface area (Å²) < 4.78 is 26.8. The summed E-state index contributed by atoms with van der Waals surface area (Å²) in [5.74, 6) is 0. The fourth-order valence-electron chi connectivity index (χ4n) is 2.16. The maximum Gasteiger partial charge on any atom is 0.242 e. The van der Waals surface area contributed by atoms with Gasteiger partial charge in [0.15, 0.2) is 6.17 Å². The van der Waals surface area contributed by atoms with Crippen LogP contribution in [0.25, 0.3) is 11.0 Å². The van der Waals surface area contributed by atoms with Crippen molar-refractivity contribution in [3.05, 3.63) is 53.6 Å². The average molecular weight is 440 g/mol. The van der Waals surface area contributed by atoms with E-state index in [4.69, 9.17) is 46.4 Å². The highest BCUT2D eigenvalue weighted by atomic mass is 35.6. The van der Waals surface area contributed by atoms with Crippen molar-refractivity contribution in [2.45, 2.75) is 14.9 Å². The molecular weight excluding hydrogens is 430 g/mol. The van der Waals surface area contributed by atoms with Crippen LogP contribution in [0.15, 0.2) is 53.4 Å². The lowest BCUT2D eigenvalue weighted by atomic mass is 10.3. The van der Waals surface area contributed by atoms with Gasteiger partial charge in [-0.15, -0.1) is 5.10 Å². The fraction of sp³-hybridized carbons (Fsp3) is 0.143. The molecule has 3 rings (SSSR count). The van der Waals surface area contributed by atoms with E-state index in [-0.39, 0.29) is 4.90 Å². The van der Waals surface area contributed by atoms with Crippen molar-refractivity contribution in [2.75, 3.05) is 0 Å². The predicted molar refractivity (Wildman–Crippen MR) is 98.6 cm³/mol. The van der Waals surface area contributed by atoms with Crippen LogP contribution in [0.4, 0.5) is 0 Å². The van der Waals surface area contributed by atoms with Crippen molar-refractivity contribution in [1.29, 1.82) is 0 Å². The van der Waals surface area contributed by atoms with E-state index in [0.717, 1.165) is 0 Å². The largest absolute Gasteiger partial charge is 0.242 e. The molecular formula is C14H10Cl4N4O2S. The van der Waals surface area contributed by atoms with Crippen LogP contribution in [0.5, 0.6) is 0 Å². The quantitative estimate of drug-likeness (QED) is 0.624. The highest BCUT2D eigenvalue weighted by Gasteiger charge is 2.39. The Balaban J connectivity index is 2.04. The lowest BCUT2D eigenvalue weighted by molar-refractivity contribution is 0.430. The van der Waals surface area contributed by atoms with Crippen LogP contribution in [0.1, 0.15) is 6.17 Å². The molecule has 1 atom stereocenters. The Hall–Kier alpha value is -1.09. The highest BCUT2D eigenvalue weighted by Crippen LogP contribution is 2.38. The molecule has 0 bridgehead atoms. The van der Waals surface area contributed by atoms with E-state index in [2.05, 4.69) is 15.0 Å². The first-order chi connectivity index (χ1) is 11.7. The third-order valence-corrected chi connectivity index (χ3v) is 5.62. The van der Waals surface area contributed by atoms with Gasteiger partial charge in [-0.25, -0.2) is 13.1 Å². The number of nitrogens with one attached hydrogen (secondary N) is 1. The SMILES string of the molecule is O=S(=O)(NC(n1nnc2ccccc21)C(Cl)(Cl)Cl)c1ccc(Cl)cc1. The Morgan fingerprint density at radius 3 is 2.32 bits per heavy atom. The molecule has 0 aliphatic rings. The number of hydrogen-bond donors (Lipinski definition) is 1. The van der Waals surface area contributed by atoms with E-state index in [1.54, 1.807) is 24.3 Å². The standard InChI is InChI=1S/C14H10Cl4N4O2S/c15-9-5-7-10(8-6-9)25(23,24)20-13(14(16,17)18)22-12-4-2-1-3-11(12)19-21-22/h1-8,13,20H. The van der Waals surface area contributed by atoms with E-state index in [0.29, 0.717) is 16.1 Å². The first-order valence-electron chi connectivity index (χ1n) is 6.83. The molecule has 1 heterocycles. The van der Waals surface area contributed by atoms with E-state index in [1.807, 2.05) is 0 Å². The van der Waals surface area contributed by atoms with Crippen LogP contribution in [-0.2, 0) is 10.0 Å². The molecule has 0 saturated carbocycles. The van der Waals surface area contributed by atoms with Gasteiger partial charge in [-0.3, -0.25) is 0 Å². The monoisotopic (exact) mass is 438 g/mol. The average Bonchev–Trinajstić information content (AvgIpc) is 2.96. The topological polar surface area (TPSA) is 76.9 Å². The first-order valence-corrected chi connectivity index (χ1v) is 9.82. The van der Waals surface area contributed by atoms with Gasteiger partial charge in [-0.1, -0.05) is 63.7 Å². The van der Waals surface area contributed by atoms with Crippen LogP contribution in [0.3, 0.4) is 0 Å². The molecule has 2 aromatic carbocycles. The van der Waals surface area contributed by atoms with Crippen LogP contribution in [0, 0.1) is 0 Å². The van der Waals surface area contributed by atoms with E-state index in [9.17, 15) is 8.42 Å². The highest BCUT2D eigenvalue weighted by molar-refractivity contribution is 7.89. The van der Waals surface area contributed by atoms with E-state index < -0.39 is 20.0 Å². The van der Waals surface area contributed by atoms with Gasteiger partial charge in [-0.2, -0.15) is 4.72 Å². The Bertz CT molecular complexity index is 1000. The maximum atomic E-state index is 12.6. The van der Waals surface area contributed by atoms with E-state index >= 15 is 0 Å². The predicted octanol–water partition coefficient (Wildman–Crippen LogP) is 3.93. The molecule has 11 heteroatoms. The summed E-state index contributed by atoms with van der Waals surface area (Å²) >= 11 is 23.8. The molecule has 0 amide bonds. The van der Waals surface area contributed by atoms with Gasteiger partial charge < -0.3 is 0 Å². The van der Waals surface area contributed by atoms with Crippen molar-refractivity contribution < 1.29 is 8.42 Å². The third kappa shape index (κ3) is 4.02. The van der Waals surface area contributed by atoms with Crippen LogP contribution >= 0.6 is 46.4 Å². The lowest BCUT2D eigenvalue weighted by Crippen LogP contribution is -2.40. The number of fused-ring (bicyclic) bond motifs is 1. The molecule has 6 nitrogen and oxygen atoms in total. The second-order valence-electron chi connectivity index (χ2n) is 5.04. The van der Waals surface area contributed by atoms with Crippen molar-refractivity contribution in [1.82, 2.24) is 19.7 Å². The molecule has 0 saturated heterocycles. The Morgan fingerprint density at radius 2 is 1.68 bits per heavy atom. The molecule has 1 aromatic heterocycles. The molecule has 0 spiro atoms. The van der Waals surface area contributed by atoms with Gasteiger partial charge >= 0.3 is 0 Å². The van der Waals surface area contributed by atoms with Crippen molar-refractivity contribution in [3.8, 4) is 0 Å². The normalized spacial score (nSPS) is 13.9. The number of rotatable bonds is 4. The molecule has 0 aliphatic carbocycles. The number of benzene rings is 2. The molecule has 3 aromatic rings. The second kappa shape index (κ2) is 6.90. The second-order valence-corrected chi connectivity index (χ2v) is 9.56. The lowest BCUT2D eigenvalue weighted by Gasteiger charge is -2.25. The molecule has 0 radical (unpaired) electrons. The van der Waals surface area contributed by atoms with Crippen LogP contribution < -0.4 is 4.72 Å². The number of para-hydroxylation sites is 1. The van der Waals surface area contributed by atoms with Gasteiger partial charge in [0.2, 0.25) is 13.8 Å². The van der Waals surface area contributed by atoms with Gasteiger partial charge in [-0.05, 0) is 36.4 Å². The smallest absolute Gasteiger partial charge is 0.222 e. The third-order valence-electron chi connectivity index (χ3n) is 3.32. The van der Waals surface area contributed by atoms with Crippen LogP contribution in [0.2, 0.25) is 5.02 Å². The summed E-state index contributed by atoms with van der Waals surface area (Å²) in [6.45, 7) is 0. The first kappa shape index (κ1) is 18.7. The number of hydrogen-bond acceptors (Lipinski definition) is 4. The van der Waals surface area contributed by atoms with Gasteiger partial charge in [0.05, 0.1) is 10.4 Å². The number of sulfonamides is 1.